The second-order valence-electron chi connectivity index (χ2n) is 8.17. The molecule has 2 amide bonds. The average Bonchev–Trinajstić information content (AvgIpc) is 3.35. The van der Waals surface area contributed by atoms with E-state index in [0.29, 0.717) is 6.42 Å². The lowest BCUT2D eigenvalue weighted by Gasteiger charge is -2.14. The van der Waals surface area contributed by atoms with Gasteiger partial charge in [0, 0.05) is 18.0 Å². The number of benzene rings is 2. The molecule has 2 aromatic carbocycles. The molecular weight excluding hydrogens is 376 g/mol. The van der Waals surface area contributed by atoms with Gasteiger partial charge in [0.15, 0.2) is 0 Å². The third kappa shape index (κ3) is 4.70. The van der Waals surface area contributed by atoms with Crippen molar-refractivity contribution >= 4 is 28.5 Å². The molecule has 3 atom stereocenters. The molecule has 0 aliphatic heterocycles. The summed E-state index contributed by atoms with van der Waals surface area (Å²) in [5, 5.41) is 5.69. The summed E-state index contributed by atoms with van der Waals surface area (Å²) in [6, 6.07) is 15.2. The van der Waals surface area contributed by atoms with Crippen LogP contribution in [0.3, 0.4) is 0 Å². The Morgan fingerprint density at radius 2 is 1.93 bits per heavy atom. The van der Waals surface area contributed by atoms with E-state index in [0.717, 1.165) is 41.8 Å². The SMILES string of the molecule is CCCc1ccc(NC(=O)C(C)NC(=O)C[C@@H]2C[C@H]2c2nc3ccccc3[nH]2)cc1. The number of amides is 2. The number of carbonyl (C=O) groups excluding carboxylic acids is 2. The number of nitrogens with zero attached hydrogens (tertiary/aromatic N) is 1. The van der Waals surface area contributed by atoms with Gasteiger partial charge in [-0.3, -0.25) is 9.59 Å². The van der Waals surface area contributed by atoms with Crippen LogP contribution in [0.1, 0.15) is 50.4 Å². The van der Waals surface area contributed by atoms with Crippen molar-refractivity contribution in [3.05, 3.63) is 59.9 Å². The Kier molecular flexibility index (Phi) is 5.84. The number of nitrogens with one attached hydrogen (secondary N) is 3. The van der Waals surface area contributed by atoms with E-state index < -0.39 is 6.04 Å². The summed E-state index contributed by atoms with van der Waals surface area (Å²) in [5.74, 6) is 1.20. The molecule has 0 spiro atoms. The van der Waals surface area contributed by atoms with Gasteiger partial charge in [-0.1, -0.05) is 37.6 Å². The molecule has 6 heteroatoms. The minimum absolute atomic E-state index is 0.0976. The van der Waals surface area contributed by atoms with E-state index in [9.17, 15) is 9.59 Å². The van der Waals surface area contributed by atoms with Gasteiger partial charge in [-0.15, -0.1) is 0 Å². The maximum atomic E-state index is 12.4. The molecule has 1 saturated carbocycles. The summed E-state index contributed by atoms with van der Waals surface area (Å²) in [5.41, 5.74) is 3.97. The fraction of sp³-hybridized carbons (Fsp3) is 0.375. The Morgan fingerprint density at radius 3 is 2.67 bits per heavy atom. The summed E-state index contributed by atoms with van der Waals surface area (Å²) < 4.78 is 0. The number of aromatic amines is 1. The fourth-order valence-corrected chi connectivity index (χ4v) is 3.85. The highest BCUT2D eigenvalue weighted by molar-refractivity contribution is 5.96. The van der Waals surface area contributed by atoms with E-state index in [4.69, 9.17) is 0 Å². The maximum Gasteiger partial charge on any atom is 0.246 e. The smallest absolute Gasteiger partial charge is 0.246 e. The van der Waals surface area contributed by atoms with Crippen molar-refractivity contribution in [2.45, 2.75) is 51.5 Å². The number of H-pyrrole nitrogens is 1. The molecular formula is C24H28N4O2. The van der Waals surface area contributed by atoms with E-state index >= 15 is 0 Å². The van der Waals surface area contributed by atoms with Crippen LogP contribution in [-0.2, 0) is 16.0 Å². The van der Waals surface area contributed by atoms with Crippen LogP contribution in [0, 0.1) is 5.92 Å². The monoisotopic (exact) mass is 404 g/mol. The van der Waals surface area contributed by atoms with Crippen molar-refractivity contribution < 1.29 is 9.59 Å². The zero-order valence-electron chi connectivity index (χ0n) is 17.4. The first-order chi connectivity index (χ1) is 14.5. The van der Waals surface area contributed by atoms with Crippen LogP contribution in [0.4, 0.5) is 5.69 Å². The van der Waals surface area contributed by atoms with Crippen LogP contribution in [-0.4, -0.2) is 27.8 Å². The van der Waals surface area contributed by atoms with Gasteiger partial charge in [-0.25, -0.2) is 4.98 Å². The lowest BCUT2D eigenvalue weighted by atomic mass is 10.1. The number of fused-ring (bicyclic) bond motifs is 1. The lowest BCUT2D eigenvalue weighted by molar-refractivity contribution is -0.126. The Labute approximate surface area is 176 Å². The third-order valence-electron chi connectivity index (χ3n) is 5.66. The molecule has 30 heavy (non-hydrogen) atoms. The number of aromatic nitrogens is 2. The highest BCUT2D eigenvalue weighted by Gasteiger charge is 2.42. The van der Waals surface area contributed by atoms with Gasteiger partial charge in [0.25, 0.3) is 0 Å². The highest BCUT2D eigenvalue weighted by atomic mass is 16.2. The minimum atomic E-state index is -0.587. The molecule has 156 valence electrons. The van der Waals surface area contributed by atoms with Crippen molar-refractivity contribution in [2.24, 2.45) is 5.92 Å². The quantitative estimate of drug-likeness (QED) is 0.527. The van der Waals surface area contributed by atoms with Crippen LogP contribution in [0.15, 0.2) is 48.5 Å². The predicted octanol–water partition coefficient (Wildman–Crippen LogP) is 4.15. The molecule has 4 rings (SSSR count). The highest BCUT2D eigenvalue weighted by Crippen LogP contribution is 2.48. The molecule has 3 N–H and O–H groups in total. The summed E-state index contributed by atoms with van der Waals surface area (Å²) in [7, 11) is 0. The second kappa shape index (κ2) is 8.69. The Morgan fingerprint density at radius 1 is 1.17 bits per heavy atom. The first-order valence-electron chi connectivity index (χ1n) is 10.7. The third-order valence-corrected chi connectivity index (χ3v) is 5.66. The van der Waals surface area contributed by atoms with Crippen molar-refractivity contribution in [1.82, 2.24) is 15.3 Å². The van der Waals surface area contributed by atoms with Crippen molar-refractivity contribution in [3.8, 4) is 0 Å². The summed E-state index contributed by atoms with van der Waals surface area (Å²) in [4.78, 5) is 32.8. The molecule has 1 unspecified atom stereocenters. The first kappa shape index (κ1) is 20.1. The van der Waals surface area contributed by atoms with Gasteiger partial charge in [-0.05, 0) is 55.5 Å². The largest absolute Gasteiger partial charge is 0.345 e. The van der Waals surface area contributed by atoms with Crippen molar-refractivity contribution in [1.29, 1.82) is 0 Å². The number of carbonyl (C=O) groups is 2. The number of para-hydroxylation sites is 2. The van der Waals surface area contributed by atoms with E-state index in [1.54, 1.807) is 6.92 Å². The summed E-state index contributed by atoms with van der Waals surface area (Å²) >= 11 is 0. The molecule has 1 heterocycles. The maximum absolute atomic E-state index is 12.4. The minimum Gasteiger partial charge on any atom is -0.345 e. The van der Waals surface area contributed by atoms with Gasteiger partial charge >= 0.3 is 0 Å². The van der Waals surface area contributed by atoms with Crippen molar-refractivity contribution in [2.75, 3.05) is 5.32 Å². The number of aryl methyl sites for hydroxylation is 1. The van der Waals surface area contributed by atoms with Gasteiger partial charge < -0.3 is 15.6 Å². The molecule has 1 fully saturated rings. The van der Waals surface area contributed by atoms with Crippen LogP contribution in [0.2, 0.25) is 0 Å². The van der Waals surface area contributed by atoms with E-state index in [2.05, 4.69) is 27.5 Å². The van der Waals surface area contributed by atoms with Gasteiger partial charge in [0.05, 0.1) is 11.0 Å². The van der Waals surface area contributed by atoms with Crippen LogP contribution in [0.5, 0.6) is 0 Å². The standard InChI is InChI=1S/C24H28N4O2/c1-3-6-16-9-11-18(12-10-16)26-24(30)15(2)25-22(29)14-17-13-19(17)23-27-20-7-4-5-8-21(20)28-23/h4-5,7-12,15,17,19H,3,6,13-14H2,1-2H3,(H,25,29)(H,26,30)(H,27,28)/t15?,17-,19+/m0/s1. The molecule has 1 aliphatic rings. The normalized spacial score (nSPS) is 18.7. The van der Waals surface area contributed by atoms with Crippen molar-refractivity contribution in [3.63, 3.8) is 0 Å². The summed E-state index contributed by atoms with van der Waals surface area (Å²) in [6.45, 7) is 3.85. The lowest BCUT2D eigenvalue weighted by Crippen LogP contribution is -2.41. The molecule has 0 bridgehead atoms. The number of rotatable bonds is 8. The zero-order chi connectivity index (χ0) is 21.1. The van der Waals surface area contributed by atoms with Gasteiger partial charge in [0.1, 0.15) is 11.9 Å². The molecule has 0 saturated heterocycles. The number of hydrogen-bond donors (Lipinski definition) is 3. The molecule has 0 radical (unpaired) electrons. The number of anilines is 1. The van der Waals surface area contributed by atoms with E-state index in [1.807, 2.05) is 48.5 Å². The topological polar surface area (TPSA) is 86.9 Å². The summed E-state index contributed by atoms with van der Waals surface area (Å²) in [6.07, 6.45) is 3.47. The molecule has 6 nitrogen and oxygen atoms in total. The molecule has 3 aromatic rings. The van der Waals surface area contributed by atoms with Crippen LogP contribution < -0.4 is 10.6 Å². The van der Waals surface area contributed by atoms with Crippen LogP contribution >= 0.6 is 0 Å². The van der Waals surface area contributed by atoms with Gasteiger partial charge in [0.2, 0.25) is 11.8 Å². The Hall–Kier alpha value is -3.15. The number of imidazole rings is 1. The van der Waals surface area contributed by atoms with E-state index in [-0.39, 0.29) is 23.7 Å². The zero-order valence-corrected chi connectivity index (χ0v) is 17.4. The Balaban J connectivity index is 1.25. The van der Waals surface area contributed by atoms with E-state index in [1.165, 1.54) is 5.56 Å². The molecule has 1 aliphatic carbocycles. The van der Waals surface area contributed by atoms with Gasteiger partial charge in [-0.2, -0.15) is 0 Å². The number of hydrogen-bond acceptors (Lipinski definition) is 3. The fourth-order valence-electron chi connectivity index (χ4n) is 3.85. The molecule has 1 aromatic heterocycles. The second-order valence-corrected chi connectivity index (χ2v) is 8.17. The van der Waals surface area contributed by atoms with Crippen LogP contribution in [0.25, 0.3) is 11.0 Å². The predicted molar refractivity (Wildman–Crippen MR) is 118 cm³/mol. The Bertz CT molecular complexity index is 1010. The average molecular weight is 405 g/mol. The first-order valence-corrected chi connectivity index (χ1v) is 10.7.